The number of hydrogen-bond acceptors (Lipinski definition) is 5. The summed E-state index contributed by atoms with van der Waals surface area (Å²) in [6.07, 6.45) is 0. The standard InChI is InChI=1S/C14H17N3O2S2/c1-9(11-4-3-6-20-11)17(2)8-12(18)16-14-10(13(15)19)5-7-21-14/h3-7,9H,8H2,1-2H3,(H2,15,19)(H,16,18). The van der Waals surface area contributed by atoms with Crippen LogP contribution in [0.4, 0.5) is 5.00 Å². The van der Waals surface area contributed by atoms with Gasteiger partial charge in [0.1, 0.15) is 5.00 Å². The molecule has 2 aromatic heterocycles. The number of anilines is 1. The lowest BCUT2D eigenvalue weighted by molar-refractivity contribution is -0.117. The summed E-state index contributed by atoms with van der Waals surface area (Å²) in [4.78, 5) is 26.5. The molecule has 0 radical (unpaired) electrons. The number of nitrogens with two attached hydrogens (primary N) is 1. The fraction of sp³-hybridized carbons (Fsp3) is 0.286. The number of likely N-dealkylation sites (N-methyl/N-ethyl adjacent to an activating group) is 1. The lowest BCUT2D eigenvalue weighted by Crippen LogP contribution is -2.32. The molecule has 2 amide bonds. The van der Waals surface area contributed by atoms with Crippen LogP contribution in [-0.4, -0.2) is 30.3 Å². The molecule has 0 fully saturated rings. The Bertz CT molecular complexity index is 622. The van der Waals surface area contributed by atoms with Crippen LogP contribution in [-0.2, 0) is 4.79 Å². The van der Waals surface area contributed by atoms with Crippen LogP contribution in [0.5, 0.6) is 0 Å². The first kappa shape index (κ1) is 15.7. The van der Waals surface area contributed by atoms with Crippen molar-refractivity contribution < 1.29 is 9.59 Å². The van der Waals surface area contributed by atoms with Crippen molar-refractivity contribution in [3.63, 3.8) is 0 Å². The molecule has 21 heavy (non-hydrogen) atoms. The van der Waals surface area contributed by atoms with Gasteiger partial charge in [0.25, 0.3) is 5.91 Å². The Kier molecular flexibility index (Phi) is 5.11. The molecule has 2 rings (SSSR count). The Morgan fingerprint density at radius 3 is 2.71 bits per heavy atom. The largest absolute Gasteiger partial charge is 0.366 e. The maximum atomic E-state index is 12.1. The molecule has 2 aromatic rings. The molecule has 0 aromatic carbocycles. The Morgan fingerprint density at radius 1 is 1.33 bits per heavy atom. The summed E-state index contributed by atoms with van der Waals surface area (Å²) in [6, 6.07) is 5.82. The second-order valence-electron chi connectivity index (χ2n) is 4.68. The third kappa shape index (κ3) is 3.90. The molecule has 7 heteroatoms. The Hall–Kier alpha value is -1.70. The predicted molar refractivity (Wildman–Crippen MR) is 86.8 cm³/mol. The zero-order valence-electron chi connectivity index (χ0n) is 11.8. The molecule has 2 heterocycles. The summed E-state index contributed by atoms with van der Waals surface area (Å²) in [5.41, 5.74) is 5.61. The Morgan fingerprint density at radius 2 is 2.10 bits per heavy atom. The third-order valence-corrected chi connectivity index (χ3v) is 5.07. The van der Waals surface area contributed by atoms with E-state index in [9.17, 15) is 9.59 Å². The molecule has 0 bridgehead atoms. The smallest absolute Gasteiger partial charge is 0.251 e. The van der Waals surface area contributed by atoms with Crippen LogP contribution in [0.3, 0.4) is 0 Å². The van der Waals surface area contributed by atoms with Gasteiger partial charge in [-0.1, -0.05) is 6.07 Å². The van der Waals surface area contributed by atoms with Gasteiger partial charge in [-0.05, 0) is 36.9 Å². The van der Waals surface area contributed by atoms with Crippen LogP contribution in [0.2, 0.25) is 0 Å². The number of amides is 2. The minimum atomic E-state index is -0.535. The van der Waals surface area contributed by atoms with Crippen molar-refractivity contribution in [3.05, 3.63) is 39.4 Å². The van der Waals surface area contributed by atoms with Gasteiger partial charge in [-0.2, -0.15) is 0 Å². The number of primary amides is 1. The van der Waals surface area contributed by atoms with Gasteiger partial charge in [-0.25, -0.2) is 0 Å². The number of rotatable bonds is 6. The van der Waals surface area contributed by atoms with E-state index in [1.807, 2.05) is 29.5 Å². The van der Waals surface area contributed by atoms with Crippen molar-refractivity contribution >= 4 is 39.5 Å². The quantitative estimate of drug-likeness (QED) is 0.858. The average molecular weight is 323 g/mol. The molecule has 112 valence electrons. The normalized spacial score (nSPS) is 12.3. The van der Waals surface area contributed by atoms with E-state index >= 15 is 0 Å². The molecule has 0 spiro atoms. The van der Waals surface area contributed by atoms with Crippen LogP contribution in [0, 0.1) is 0 Å². The highest BCUT2D eigenvalue weighted by molar-refractivity contribution is 7.14. The number of carbonyl (C=O) groups excluding carboxylic acids is 2. The lowest BCUT2D eigenvalue weighted by Gasteiger charge is -2.23. The maximum Gasteiger partial charge on any atom is 0.251 e. The highest BCUT2D eigenvalue weighted by atomic mass is 32.1. The van der Waals surface area contributed by atoms with E-state index in [2.05, 4.69) is 12.2 Å². The minimum absolute atomic E-state index is 0.161. The number of nitrogens with one attached hydrogen (secondary N) is 1. The molecular weight excluding hydrogens is 306 g/mol. The van der Waals surface area contributed by atoms with Gasteiger partial charge in [0.2, 0.25) is 5.91 Å². The molecule has 0 aliphatic carbocycles. The first-order valence-corrected chi connectivity index (χ1v) is 8.15. The van der Waals surface area contributed by atoms with E-state index in [0.29, 0.717) is 10.6 Å². The summed E-state index contributed by atoms with van der Waals surface area (Å²) in [5, 5.41) is 7.00. The van der Waals surface area contributed by atoms with Gasteiger partial charge < -0.3 is 11.1 Å². The molecule has 0 saturated heterocycles. The van der Waals surface area contributed by atoms with E-state index in [4.69, 9.17) is 5.73 Å². The molecule has 0 saturated carbocycles. The van der Waals surface area contributed by atoms with Gasteiger partial charge in [-0.3, -0.25) is 14.5 Å². The third-order valence-electron chi connectivity index (χ3n) is 3.19. The maximum absolute atomic E-state index is 12.1. The minimum Gasteiger partial charge on any atom is -0.366 e. The van der Waals surface area contributed by atoms with Crippen molar-refractivity contribution in [3.8, 4) is 0 Å². The Balaban J connectivity index is 1.95. The van der Waals surface area contributed by atoms with Crippen molar-refractivity contribution in [2.45, 2.75) is 13.0 Å². The van der Waals surface area contributed by atoms with Crippen molar-refractivity contribution in [2.24, 2.45) is 5.73 Å². The summed E-state index contributed by atoms with van der Waals surface area (Å²) in [7, 11) is 1.90. The lowest BCUT2D eigenvalue weighted by atomic mass is 10.2. The van der Waals surface area contributed by atoms with Crippen molar-refractivity contribution in [2.75, 3.05) is 18.9 Å². The number of nitrogens with zero attached hydrogens (tertiary/aromatic N) is 1. The summed E-state index contributed by atoms with van der Waals surface area (Å²) in [5.74, 6) is -0.697. The molecule has 3 N–H and O–H groups in total. The van der Waals surface area contributed by atoms with Gasteiger partial charge in [0.15, 0.2) is 0 Å². The molecule has 5 nitrogen and oxygen atoms in total. The van der Waals surface area contributed by atoms with Gasteiger partial charge in [0.05, 0.1) is 12.1 Å². The van der Waals surface area contributed by atoms with E-state index in [0.717, 1.165) is 0 Å². The zero-order valence-corrected chi connectivity index (χ0v) is 13.5. The fourth-order valence-corrected chi connectivity index (χ4v) is 3.53. The predicted octanol–water partition coefficient (Wildman–Crippen LogP) is 2.54. The monoisotopic (exact) mass is 323 g/mol. The second-order valence-corrected chi connectivity index (χ2v) is 6.58. The second kappa shape index (κ2) is 6.84. The molecule has 1 unspecified atom stereocenters. The SMILES string of the molecule is CC(c1cccs1)N(C)CC(=O)Nc1sccc1C(N)=O. The van der Waals surface area contributed by atoms with Crippen LogP contribution in [0.1, 0.15) is 28.2 Å². The zero-order chi connectivity index (χ0) is 15.4. The van der Waals surface area contributed by atoms with Gasteiger partial charge >= 0.3 is 0 Å². The van der Waals surface area contributed by atoms with Crippen LogP contribution in [0.15, 0.2) is 29.0 Å². The molecular formula is C14H17N3O2S2. The molecule has 1 atom stereocenters. The first-order valence-electron chi connectivity index (χ1n) is 6.40. The van der Waals surface area contributed by atoms with E-state index < -0.39 is 5.91 Å². The van der Waals surface area contributed by atoms with Crippen LogP contribution < -0.4 is 11.1 Å². The molecule has 0 aliphatic heterocycles. The highest BCUT2D eigenvalue weighted by Gasteiger charge is 2.17. The van der Waals surface area contributed by atoms with E-state index in [1.54, 1.807) is 22.8 Å². The number of thiophene rings is 2. The van der Waals surface area contributed by atoms with Crippen LogP contribution >= 0.6 is 22.7 Å². The van der Waals surface area contributed by atoms with Gasteiger partial charge in [0, 0.05) is 10.9 Å². The first-order chi connectivity index (χ1) is 9.99. The Labute approximate surface area is 131 Å². The van der Waals surface area contributed by atoms with E-state index in [-0.39, 0.29) is 18.5 Å². The van der Waals surface area contributed by atoms with Crippen molar-refractivity contribution in [1.82, 2.24) is 4.90 Å². The number of hydrogen-bond donors (Lipinski definition) is 2. The molecule has 0 aliphatic rings. The summed E-state index contributed by atoms with van der Waals surface area (Å²) >= 11 is 2.96. The van der Waals surface area contributed by atoms with E-state index in [1.165, 1.54) is 16.2 Å². The summed E-state index contributed by atoms with van der Waals surface area (Å²) < 4.78 is 0. The fourth-order valence-electron chi connectivity index (χ4n) is 1.88. The van der Waals surface area contributed by atoms with Gasteiger partial charge in [-0.15, -0.1) is 22.7 Å². The number of carbonyl (C=O) groups is 2. The topological polar surface area (TPSA) is 75.4 Å². The average Bonchev–Trinajstić information content (AvgIpc) is 3.08. The highest BCUT2D eigenvalue weighted by Crippen LogP contribution is 2.24. The summed E-state index contributed by atoms with van der Waals surface area (Å²) in [6.45, 7) is 2.30. The van der Waals surface area contributed by atoms with Crippen molar-refractivity contribution in [1.29, 1.82) is 0 Å². The van der Waals surface area contributed by atoms with Crippen LogP contribution in [0.25, 0.3) is 0 Å².